The van der Waals surface area contributed by atoms with Crippen molar-refractivity contribution in [2.75, 3.05) is 6.61 Å². The Kier molecular flexibility index (Phi) is 3.96. The van der Waals surface area contributed by atoms with Crippen LogP contribution in [0.15, 0.2) is 17.5 Å². The summed E-state index contributed by atoms with van der Waals surface area (Å²) >= 11 is 7.83. The molecule has 1 aliphatic heterocycles. The highest BCUT2D eigenvalue weighted by molar-refractivity contribution is 7.09. The molecule has 0 bridgehead atoms. The summed E-state index contributed by atoms with van der Waals surface area (Å²) in [6, 6.07) is 3.99. The normalized spacial score (nSPS) is 14.9. The zero-order valence-corrected chi connectivity index (χ0v) is 12.9. The van der Waals surface area contributed by atoms with Crippen molar-refractivity contribution in [3.05, 3.63) is 44.4 Å². The molecule has 106 valence electrons. The fourth-order valence-corrected chi connectivity index (χ4v) is 3.51. The van der Waals surface area contributed by atoms with Crippen molar-refractivity contribution >= 4 is 22.9 Å². The first-order chi connectivity index (χ1) is 9.61. The second-order valence-electron chi connectivity index (χ2n) is 5.18. The predicted molar refractivity (Wildman–Crippen MR) is 82.9 cm³/mol. The van der Waals surface area contributed by atoms with Gasteiger partial charge in [0.2, 0.25) is 0 Å². The summed E-state index contributed by atoms with van der Waals surface area (Å²) in [5.74, 6) is 0.985. The number of halogens is 1. The number of ether oxygens (including phenoxy) is 1. The summed E-state index contributed by atoms with van der Waals surface area (Å²) in [5.41, 5.74) is 9.64. The molecule has 0 saturated heterocycles. The van der Waals surface area contributed by atoms with Gasteiger partial charge in [-0.3, -0.25) is 0 Å². The van der Waals surface area contributed by atoms with Crippen LogP contribution in [0.5, 0.6) is 5.75 Å². The van der Waals surface area contributed by atoms with E-state index in [1.54, 1.807) is 11.3 Å². The first-order valence-electron chi connectivity index (χ1n) is 6.72. The molecular formula is C15H17ClN2OS. The second-order valence-corrected chi connectivity index (χ2v) is 6.68. The molecule has 0 radical (unpaired) electrons. The molecular weight excluding hydrogens is 292 g/mol. The smallest absolute Gasteiger partial charge is 0.125 e. The van der Waals surface area contributed by atoms with E-state index in [2.05, 4.69) is 10.4 Å². The van der Waals surface area contributed by atoms with Crippen LogP contribution < -0.4 is 10.5 Å². The van der Waals surface area contributed by atoms with Crippen molar-refractivity contribution in [2.45, 2.75) is 32.2 Å². The molecule has 2 heterocycles. The zero-order chi connectivity index (χ0) is 14.1. The predicted octanol–water partition coefficient (Wildman–Crippen LogP) is 3.15. The Morgan fingerprint density at radius 1 is 1.45 bits per heavy atom. The third-order valence-corrected chi connectivity index (χ3v) is 4.49. The lowest BCUT2D eigenvalue weighted by Gasteiger charge is -2.13. The summed E-state index contributed by atoms with van der Waals surface area (Å²) < 4.78 is 5.71. The van der Waals surface area contributed by atoms with Gasteiger partial charge in [0, 0.05) is 29.3 Å². The first-order valence-corrected chi connectivity index (χ1v) is 7.98. The molecule has 1 aliphatic rings. The molecule has 1 aromatic heterocycles. The van der Waals surface area contributed by atoms with Crippen LogP contribution in [0.3, 0.4) is 0 Å². The minimum absolute atomic E-state index is 0.0308. The van der Waals surface area contributed by atoms with E-state index in [0.717, 1.165) is 52.9 Å². The first kappa shape index (κ1) is 13.9. The van der Waals surface area contributed by atoms with Crippen LogP contribution in [0, 0.1) is 6.92 Å². The van der Waals surface area contributed by atoms with Gasteiger partial charge in [-0.15, -0.1) is 11.3 Å². The SMILES string of the molecule is Cc1nc(CC(N)Cc2cc(Cl)cc3c2OCC3)cs1. The van der Waals surface area contributed by atoms with Gasteiger partial charge in [0.05, 0.1) is 17.3 Å². The minimum atomic E-state index is 0.0308. The average molecular weight is 309 g/mol. The number of hydrogen-bond acceptors (Lipinski definition) is 4. The quantitative estimate of drug-likeness (QED) is 0.944. The summed E-state index contributed by atoms with van der Waals surface area (Å²) in [7, 11) is 0. The lowest BCUT2D eigenvalue weighted by molar-refractivity contribution is 0.352. The highest BCUT2D eigenvalue weighted by Gasteiger charge is 2.19. The van der Waals surface area contributed by atoms with Crippen LogP contribution >= 0.6 is 22.9 Å². The number of rotatable bonds is 4. The van der Waals surface area contributed by atoms with Crippen molar-refractivity contribution in [3.8, 4) is 5.75 Å². The van der Waals surface area contributed by atoms with E-state index in [1.807, 2.05) is 19.1 Å². The Morgan fingerprint density at radius 2 is 2.30 bits per heavy atom. The lowest BCUT2D eigenvalue weighted by atomic mass is 9.99. The summed E-state index contributed by atoms with van der Waals surface area (Å²) in [6.45, 7) is 2.75. The second kappa shape index (κ2) is 5.72. The van der Waals surface area contributed by atoms with Gasteiger partial charge in [0.1, 0.15) is 5.75 Å². The maximum absolute atomic E-state index is 6.26. The van der Waals surface area contributed by atoms with Crippen molar-refractivity contribution in [1.29, 1.82) is 0 Å². The van der Waals surface area contributed by atoms with Gasteiger partial charge in [0.25, 0.3) is 0 Å². The minimum Gasteiger partial charge on any atom is -0.493 e. The highest BCUT2D eigenvalue weighted by Crippen LogP contribution is 2.33. The number of nitrogens with zero attached hydrogens (tertiary/aromatic N) is 1. The molecule has 3 nitrogen and oxygen atoms in total. The third kappa shape index (κ3) is 2.97. The molecule has 20 heavy (non-hydrogen) atoms. The standard InChI is InChI=1S/C15H17ClN2OS/c1-9-18-14(8-20-9)7-13(17)6-11-5-12(16)4-10-2-3-19-15(10)11/h4-5,8,13H,2-3,6-7,17H2,1H3. The van der Waals surface area contributed by atoms with Crippen LogP contribution in [0.4, 0.5) is 0 Å². The lowest BCUT2D eigenvalue weighted by Crippen LogP contribution is -2.26. The zero-order valence-electron chi connectivity index (χ0n) is 11.4. The largest absolute Gasteiger partial charge is 0.493 e. The van der Waals surface area contributed by atoms with E-state index in [0.29, 0.717) is 0 Å². The number of aryl methyl sites for hydroxylation is 1. The Morgan fingerprint density at radius 3 is 3.05 bits per heavy atom. The number of thiazole rings is 1. The van der Waals surface area contributed by atoms with Gasteiger partial charge in [-0.05, 0) is 36.6 Å². The Balaban J connectivity index is 1.74. The van der Waals surface area contributed by atoms with Gasteiger partial charge in [0.15, 0.2) is 0 Å². The molecule has 5 heteroatoms. The van der Waals surface area contributed by atoms with Gasteiger partial charge < -0.3 is 10.5 Å². The van der Waals surface area contributed by atoms with E-state index in [1.165, 1.54) is 5.56 Å². The van der Waals surface area contributed by atoms with Crippen LogP contribution in [0.2, 0.25) is 5.02 Å². The fraction of sp³-hybridized carbons (Fsp3) is 0.400. The molecule has 0 saturated carbocycles. The monoisotopic (exact) mass is 308 g/mol. The fourth-order valence-electron chi connectivity index (χ4n) is 2.62. The van der Waals surface area contributed by atoms with Crippen molar-refractivity contribution in [3.63, 3.8) is 0 Å². The molecule has 2 N–H and O–H groups in total. The van der Waals surface area contributed by atoms with Gasteiger partial charge in [-0.25, -0.2) is 4.98 Å². The molecule has 0 aliphatic carbocycles. The van der Waals surface area contributed by atoms with Crippen LogP contribution in [0.25, 0.3) is 0 Å². The van der Waals surface area contributed by atoms with E-state index in [4.69, 9.17) is 22.1 Å². The van der Waals surface area contributed by atoms with Crippen molar-refractivity contribution < 1.29 is 4.74 Å². The summed E-state index contributed by atoms with van der Waals surface area (Å²) in [4.78, 5) is 4.46. The molecule has 1 unspecified atom stereocenters. The van der Waals surface area contributed by atoms with E-state index in [-0.39, 0.29) is 6.04 Å². The molecule has 0 fully saturated rings. The Hall–Kier alpha value is -1.10. The van der Waals surface area contributed by atoms with E-state index >= 15 is 0 Å². The van der Waals surface area contributed by atoms with Crippen molar-refractivity contribution in [2.24, 2.45) is 5.73 Å². The molecule has 3 rings (SSSR count). The number of benzene rings is 1. The Bertz CT molecular complexity index is 626. The maximum atomic E-state index is 6.26. The molecule has 2 aromatic rings. The maximum Gasteiger partial charge on any atom is 0.125 e. The average Bonchev–Trinajstić information content (AvgIpc) is 2.98. The number of fused-ring (bicyclic) bond motifs is 1. The molecule has 1 atom stereocenters. The summed E-state index contributed by atoms with van der Waals surface area (Å²) in [5, 5.41) is 3.92. The van der Waals surface area contributed by atoms with Crippen LogP contribution in [0.1, 0.15) is 21.8 Å². The molecule has 0 amide bonds. The van der Waals surface area contributed by atoms with E-state index in [9.17, 15) is 0 Å². The van der Waals surface area contributed by atoms with Gasteiger partial charge in [-0.1, -0.05) is 11.6 Å². The topological polar surface area (TPSA) is 48.1 Å². The third-order valence-electron chi connectivity index (χ3n) is 3.45. The highest BCUT2D eigenvalue weighted by atomic mass is 35.5. The molecule has 1 aromatic carbocycles. The number of aromatic nitrogens is 1. The van der Waals surface area contributed by atoms with Gasteiger partial charge >= 0.3 is 0 Å². The summed E-state index contributed by atoms with van der Waals surface area (Å²) in [6.07, 6.45) is 2.48. The van der Waals surface area contributed by atoms with Gasteiger partial charge in [-0.2, -0.15) is 0 Å². The molecule has 0 spiro atoms. The Labute approximate surface area is 127 Å². The van der Waals surface area contributed by atoms with Crippen LogP contribution in [-0.4, -0.2) is 17.6 Å². The number of hydrogen-bond donors (Lipinski definition) is 1. The van der Waals surface area contributed by atoms with E-state index < -0.39 is 0 Å². The van der Waals surface area contributed by atoms with Crippen molar-refractivity contribution in [1.82, 2.24) is 4.98 Å². The van der Waals surface area contributed by atoms with Crippen LogP contribution in [-0.2, 0) is 19.3 Å². The number of nitrogens with two attached hydrogens (primary N) is 1.